The van der Waals surface area contributed by atoms with Gasteiger partial charge >= 0.3 is 5.97 Å². The van der Waals surface area contributed by atoms with Gasteiger partial charge in [0, 0.05) is 6.42 Å². The van der Waals surface area contributed by atoms with Gasteiger partial charge < -0.3 is 36.6 Å². The molecule has 3 atom stereocenters. The lowest BCUT2D eigenvalue weighted by Gasteiger charge is -2.15. The minimum atomic E-state index is -1.49. The number of aliphatic carboxylic acids is 1. The zero-order valence-electron chi connectivity index (χ0n) is 15.4. The highest BCUT2D eigenvalue weighted by atomic mass is 16.5. The molecular weight excluding hydrogens is 332 g/mol. The Hall–Kier alpha value is -1.75. The Bertz CT molecular complexity index is 390. The van der Waals surface area contributed by atoms with Crippen molar-refractivity contribution in [3.05, 3.63) is 0 Å². The van der Waals surface area contributed by atoms with E-state index in [0.29, 0.717) is 0 Å². The number of ether oxygens (including phenoxy) is 1. The Morgan fingerprint density at radius 3 is 2.08 bits per heavy atom. The second-order valence-electron chi connectivity index (χ2n) is 5.21. The molecule has 0 unspecified atom stereocenters. The van der Waals surface area contributed by atoms with Crippen LogP contribution in [0.3, 0.4) is 0 Å². The Labute approximate surface area is 148 Å². The molecule has 0 spiro atoms. The van der Waals surface area contributed by atoms with Crippen molar-refractivity contribution >= 4 is 17.8 Å². The molecule has 0 aliphatic carbocycles. The average molecular weight is 364 g/mol. The summed E-state index contributed by atoms with van der Waals surface area (Å²) in [7, 11) is 0. The molecule has 7 N–H and O–H groups in total. The van der Waals surface area contributed by atoms with Crippen molar-refractivity contribution in [1.82, 2.24) is 16.0 Å². The summed E-state index contributed by atoms with van der Waals surface area (Å²) < 4.78 is 4.94. The maximum absolute atomic E-state index is 11.5. The van der Waals surface area contributed by atoms with Gasteiger partial charge in [0.15, 0.2) is 6.10 Å². The van der Waals surface area contributed by atoms with Crippen molar-refractivity contribution in [2.24, 2.45) is 5.73 Å². The Balaban J connectivity index is 0. The summed E-state index contributed by atoms with van der Waals surface area (Å²) in [6, 6.07) is -1.47. The van der Waals surface area contributed by atoms with E-state index in [1.165, 1.54) is 13.8 Å². The van der Waals surface area contributed by atoms with Crippen molar-refractivity contribution in [3.63, 3.8) is 0 Å². The molecule has 0 bridgehead atoms. The minimum absolute atomic E-state index is 0.0195. The van der Waals surface area contributed by atoms with E-state index in [4.69, 9.17) is 20.7 Å². The van der Waals surface area contributed by atoms with Crippen molar-refractivity contribution in [2.75, 3.05) is 26.4 Å². The molecule has 0 aromatic heterocycles. The maximum Gasteiger partial charge on any atom is 0.332 e. The first kappa shape index (κ1) is 25.5. The van der Waals surface area contributed by atoms with E-state index in [1.54, 1.807) is 0 Å². The van der Waals surface area contributed by atoms with Crippen LogP contribution in [0.5, 0.6) is 0 Å². The van der Waals surface area contributed by atoms with Crippen LogP contribution in [0.25, 0.3) is 0 Å². The summed E-state index contributed by atoms with van der Waals surface area (Å²) in [5.74, 6) is -2.24. The van der Waals surface area contributed by atoms with Gasteiger partial charge in [-0.05, 0) is 26.9 Å². The fraction of sp³-hybridized carbons (Fsp3) is 0.800. The van der Waals surface area contributed by atoms with Crippen molar-refractivity contribution in [3.8, 4) is 0 Å². The number of carboxylic acid groups (broad SMARTS) is 1. The minimum Gasteiger partial charge on any atom is -0.479 e. The van der Waals surface area contributed by atoms with Crippen LogP contribution in [0.2, 0.25) is 0 Å². The summed E-state index contributed by atoms with van der Waals surface area (Å²) in [5.41, 5.74) is 5.34. The molecule has 25 heavy (non-hydrogen) atoms. The monoisotopic (exact) mass is 364 g/mol. The van der Waals surface area contributed by atoms with Crippen LogP contribution in [-0.4, -0.2) is 72.6 Å². The lowest BCUT2D eigenvalue weighted by atomic mass is 10.2. The van der Waals surface area contributed by atoms with E-state index >= 15 is 0 Å². The zero-order valence-corrected chi connectivity index (χ0v) is 15.4. The summed E-state index contributed by atoms with van der Waals surface area (Å²) in [6.07, 6.45) is -1.57. The van der Waals surface area contributed by atoms with Gasteiger partial charge in [0.05, 0.1) is 12.6 Å². The third kappa shape index (κ3) is 15.5. The largest absolute Gasteiger partial charge is 0.479 e. The molecule has 0 fully saturated rings. The van der Waals surface area contributed by atoms with Crippen LogP contribution < -0.4 is 21.7 Å². The highest BCUT2D eigenvalue weighted by molar-refractivity contribution is 5.89. The number of rotatable bonds is 11. The molecule has 10 nitrogen and oxygen atoms in total. The highest BCUT2D eigenvalue weighted by Crippen LogP contribution is 1.92. The number of aliphatic hydroxyl groups excluding tert-OH is 1. The van der Waals surface area contributed by atoms with Crippen LogP contribution in [0.4, 0.5) is 0 Å². The van der Waals surface area contributed by atoms with E-state index in [0.717, 1.165) is 13.1 Å². The van der Waals surface area contributed by atoms with Crippen molar-refractivity contribution in [1.29, 1.82) is 0 Å². The number of carbonyl (C=O) groups is 3. The summed E-state index contributed by atoms with van der Waals surface area (Å²) in [6.45, 7) is 9.21. The van der Waals surface area contributed by atoms with Crippen LogP contribution >= 0.6 is 0 Å². The second-order valence-corrected chi connectivity index (χ2v) is 5.21. The van der Waals surface area contributed by atoms with Crippen LogP contribution in [0.1, 0.15) is 34.1 Å². The van der Waals surface area contributed by atoms with Gasteiger partial charge in [-0.3, -0.25) is 9.59 Å². The fourth-order valence-corrected chi connectivity index (χ4v) is 1.33. The van der Waals surface area contributed by atoms with Gasteiger partial charge in [-0.25, -0.2) is 4.79 Å². The summed E-state index contributed by atoms with van der Waals surface area (Å²) in [4.78, 5) is 33.1. The van der Waals surface area contributed by atoms with Crippen molar-refractivity contribution < 1.29 is 29.3 Å². The molecule has 0 heterocycles. The van der Waals surface area contributed by atoms with E-state index in [-0.39, 0.29) is 19.8 Å². The topological polar surface area (TPSA) is 163 Å². The smallest absolute Gasteiger partial charge is 0.332 e. The standard InChI is InChI=1S/C11H21N3O6.C4H11N/c1-6(12)9(16)14-7(2)10(17)13-5-20-4-3-8(15)11(18)19;1-3-5-4-2/h6-8,15H,3-5,12H2,1-2H3,(H,13,17)(H,14,16)(H,18,19);5H,3-4H2,1-2H3/t6-,7-,8+;/m0./s1. The molecule has 148 valence electrons. The Morgan fingerprint density at radius 1 is 1.12 bits per heavy atom. The molecule has 0 rings (SSSR count). The van der Waals surface area contributed by atoms with Gasteiger partial charge in [0.25, 0.3) is 0 Å². The van der Waals surface area contributed by atoms with Gasteiger partial charge in [0.1, 0.15) is 12.8 Å². The molecular formula is C15H32N4O6. The van der Waals surface area contributed by atoms with Crippen molar-refractivity contribution in [2.45, 2.75) is 52.3 Å². The third-order valence-electron chi connectivity index (χ3n) is 2.83. The van der Waals surface area contributed by atoms with Crippen LogP contribution in [0, 0.1) is 0 Å². The molecule has 0 aromatic rings. The molecule has 0 aliphatic rings. The first-order chi connectivity index (χ1) is 11.7. The lowest BCUT2D eigenvalue weighted by molar-refractivity contribution is -0.147. The summed E-state index contributed by atoms with van der Waals surface area (Å²) >= 11 is 0. The van der Waals surface area contributed by atoms with E-state index in [2.05, 4.69) is 29.8 Å². The molecule has 0 aromatic carbocycles. The normalized spacial score (nSPS) is 13.7. The number of nitrogens with two attached hydrogens (primary N) is 1. The van der Waals surface area contributed by atoms with Gasteiger partial charge in [-0.1, -0.05) is 13.8 Å². The third-order valence-corrected chi connectivity index (χ3v) is 2.83. The van der Waals surface area contributed by atoms with Crippen LogP contribution in [0.15, 0.2) is 0 Å². The average Bonchev–Trinajstić information content (AvgIpc) is 2.54. The molecule has 0 saturated heterocycles. The van der Waals surface area contributed by atoms with Crippen LogP contribution in [-0.2, 0) is 19.1 Å². The van der Waals surface area contributed by atoms with Gasteiger partial charge in [0.2, 0.25) is 11.8 Å². The predicted molar refractivity (Wildman–Crippen MR) is 92.7 cm³/mol. The molecule has 0 saturated carbocycles. The fourth-order valence-electron chi connectivity index (χ4n) is 1.33. The number of carbonyl (C=O) groups excluding carboxylic acids is 2. The quantitative estimate of drug-likeness (QED) is 0.188. The number of nitrogens with one attached hydrogen (secondary N) is 3. The number of aliphatic hydroxyl groups is 1. The number of hydrogen-bond donors (Lipinski definition) is 6. The second kappa shape index (κ2) is 15.8. The molecule has 2 amide bonds. The lowest BCUT2D eigenvalue weighted by Crippen LogP contribution is -2.49. The first-order valence-electron chi connectivity index (χ1n) is 8.20. The highest BCUT2D eigenvalue weighted by Gasteiger charge is 2.17. The van der Waals surface area contributed by atoms with E-state index in [9.17, 15) is 14.4 Å². The maximum atomic E-state index is 11.5. The zero-order chi connectivity index (χ0) is 19.8. The Morgan fingerprint density at radius 2 is 1.68 bits per heavy atom. The van der Waals surface area contributed by atoms with E-state index < -0.39 is 36.0 Å². The first-order valence-corrected chi connectivity index (χ1v) is 8.20. The predicted octanol–water partition coefficient (Wildman–Crippen LogP) is -1.62. The van der Waals surface area contributed by atoms with Gasteiger partial charge in [-0.15, -0.1) is 0 Å². The SMILES string of the molecule is CCNCC.C[C@H](N)C(=O)N[C@@H](C)C(=O)NCOCC[C@@H](O)C(=O)O. The molecule has 0 aliphatic heterocycles. The molecule has 10 heteroatoms. The number of hydrogen-bond acceptors (Lipinski definition) is 7. The number of carboxylic acids is 1. The molecule has 0 radical (unpaired) electrons. The van der Waals surface area contributed by atoms with Gasteiger partial charge in [-0.2, -0.15) is 0 Å². The van der Waals surface area contributed by atoms with E-state index in [1.807, 2.05) is 0 Å². The number of amides is 2. The Kier molecular flexibility index (Phi) is 16.1. The summed E-state index contributed by atoms with van der Waals surface area (Å²) in [5, 5.41) is 25.2.